The summed E-state index contributed by atoms with van der Waals surface area (Å²) in [6.07, 6.45) is 0. The number of oxazole rings is 1. The molecule has 20 heavy (non-hydrogen) atoms. The van der Waals surface area contributed by atoms with Crippen molar-refractivity contribution in [3.05, 3.63) is 28.3 Å². The topological polar surface area (TPSA) is 90.4 Å². The number of aromatic nitrogens is 1. The molecule has 0 radical (unpaired) electrons. The van der Waals surface area contributed by atoms with Gasteiger partial charge in [-0.3, -0.25) is 10.1 Å². The molecule has 0 saturated heterocycles. The second-order valence-electron chi connectivity index (χ2n) is 4.82. The van der Waals surface area contributed by atoms with E-state index in [1.807, 2.05) is 0 Å². The second-order valence-corrected chi connectivity index (χ2v) is 4.82. The summed E-state index contributed by atoms with van der Waals surface area (Å²) in [6, 6.07) is 4.66. The second kappa shape index (κ2) is 6.33. The summed E-state index contributed by atoms with van der Waals surface area (Å²) in [7, 11) is 0. The van der Waals surface area contributed by atoms with Gasteiger partial charge in [-0.25, -0.2) is 0 Å². The number of anilines is 1. The van der Waals surface area contributed by atoms with Gasteiger partial charge in [-0.1, -0.05) is 13.8 Å². The third-order valence-corrected chi connectivity index (χ3v) is 2.56. The number of hydrogen-bond acceptors (Lipinski definition) is 6. The third kappa shape index (κ3) is 3.67. The molecule has 0 atom stereocenters. The lowest BCUT2D eigenvalue weighted by atomic mass is 10.2. The summed E-state index contributed by atoms with van der Waals surface area (Å²) in [4.78, 5) is 14.4. The molecule has 2 aromatic rings. The number of nitrogens with zero attached hydrogens (tertiary/aromatic N) is 2. The van der Waals surface area contributed by atoms with Crippen molar-refractivity contribution in [2.24, 2.45) is 5.92 Å². The molecule has 0 aliphatic heterocycles. The average Bonchev–Trinajstić information content (AvgIpc) is 2.79. The monoisotopic (exact) mass is 279 g/mol. The molecule has 2 rings (SSSR count). The first-order valence-corrected chi connectivity index (χ1v) is 6.43. The van der Waals surface area contributed by atoms with Crippen molar-refractivity contribution in [1.29, 1.82) is 0 Å². The molecule has 7 nitrogen and oxygen atoms in total. The largest absolute Gasteiger partial charge is 0.424 e. The zero-order valence-electron chi connectivity index (χ0n) is 11.5. The van der Waals surface area contributed by atoms with Crippen LogP contribution in [0.25, 0.3) is 11.1 Å². The minimum atomic E-state index is -0.457. The first-order chi connectivity index (χ1) is 9.56. The average molecular weight is 279 g/mol. The third-order valence-electron chi connectivity index (χ3n) is 2.56. The molecular formula is C13H17N3O4. The van der Waals surface area contributed by atoms with Gasteiger partial charge in [-0.2, -0.15) is 4.98 Å². The van der Waals surface area contributed by atoms with Crippen LogP contribution in [0.3, 0.4) is 0 Å². The van der Waals surface area contributed by atoms with E-state index in [4.69, 9.17) is 9.15 Å². The molecule has 0 bridgehead atoms. The normalized spacial score (nSPS) is 11.2. The van der Waals surface area contributed by atoms with Crippen molar-refractivity contribution >= 4 is 22.8 Å². The molecule has 0 aliphatic carbocycles. The zero-order valence-corrected chi connectivity index (χ0v) is 11.5. The highest BCUT2D eigenvalue weighted by Gasteiger charge is 2.11. The highest BCUT2D eigenvalue weighted by molar-refractivity contribution is 5.77. The Morgan fingerprint density at radius 1 is 1.50 bits per heavy atom. The number of nitro benzene ring substituents is 1. The van der Waals surface area contributed by atoms with E-state index in [2.05, 4.69) is 24.1 Å². The fraction of sp³-hybridized carbons (Fsp3) is 0.462. The van der Waals surface area contributed by atoms with E-state index >= 15 is 0 Å². The Hall–Kier alpha value is -2.15. The first-order valence-electron chi connectivity index (χ1n) is 6.43. The molecule has 1 aromatic carbocycles. The van der Waals surface area contributed by atoms with Gasteiger partial charge in [0.05, 0.1) is 11.5 Å². The zero-order chi connectivity index (χ0) is 14.5. The summed E-state index contributed by atoms with van der Waals surface area (Å²) in [5, 5.41) is 13.6. The Morgan fingerprint density at radius 3 is 3.00 bits per heavy atom. The van der Waals surface area contributed by atoms with E-state index in [1.165, 1.54) is 12.1 Å². The van der Waals surface area contributed by atoms with Crippen LogP contribution in [0.5, 0.6) is 0 Å². The van der Waals surface area contributed by atoms with E-state index in [1.54, 1.807) is 6.07 Å². The minimum absolute atomic E-state index is 0.00221. The van der Waals surface area contributed by atoms with Gasteiger partial charge in [-0.05, 0) is 12.0 Å². The Morgan fingerprint density at radius 2 is 2.30 bits per heavy atom. The van der Waals surface area contributed by atoms with E-state index in [0.29, 0.717) is 42.8 Å². The minimum Gasteiger partial charge on any atom is -0.424 e. The van der Waals surface area contributed by atoms with Gasteiger partial charge in [0.25, 0.3) is 11.7 Å². The van der Waals surface area contributed by atoms with Gasteiger partial charge in [0.15, 0.2) is 5.58 Å². The highest BCUT2D eigenvalue weighted by atomic mass is 16.6. The number of ether oxygens (including phenoxy) is 1. The molecule has 0 saturated carbocycles. The molecule has 1 heterocycles. The van der Waals surface area contributed by atoms with Gasteiger partial charge in [0, 0.05) is 25.3 Å². The van der Waals surface area contributed by atoms with Crippen molar-refractivity contribution in [1.82, 2.24) is 4.98 Å². The number of hydrogen-bond donors (Lipinski definition) is 1. The van der Waals surface area contributed by atoms with E-state index in [9.17, 15) is 10.1 Å². The number of fused-ring (bicyclic) bond motifs is 1. The van der Waals surface area contributed by atoms with Gasteiger partial charge >= 0.3 is 0 Å². The Labute approximate surface area is 116 Å². The predicted octanol–water partition coefficient (Wildman–Crippen LogP) is 2.82. The Kier molecular flexibility index (Phi) is 4.52. The quantitative estimate of drug-likeness (QED) is 0.476. The molecule has 0 amide bonds. The summed E-state index contributed by atoms with van der Waals surface area (Å²) >= 11 is 0. The van der Waals surface area contributed by atoms with Gasteiger partial charge in [-0.15, -0.1) is 0 Å². The highest BCUT2D eigenvalue weighted by Crippen LogP contribution is 2.23. The van der Waals surface area contributed by atoms with Crippen LogP contribution in [-0.4, -0.2) is 29.7 Å². The van der Waals surface area contributed by atoms with Crippen molar-refractivity contribution in [2.75, 3.05) is 25.1 Å². The van der Waals surface area contributed by atoms with Crippen LogP contribution in [0.2, 0.25) is 0 Å². The van der Waals surface area contributed by atoms with Crippen LogP contribution in [0.15, 0.2) is 22.6 Å². The molecule has 0 aliphatic rings. The first kappa shape index (κ1) is 14.3. The molecular weight excluding hydrogens is 262 g/mol. The summed E-state index contributed by atoms with van der Waals surface area (Å²) in [5.74, 6) is 0.500. The Bertz CT molecular complexity index is 594. The summed E-state index contributed by atoms with van der Waals surface area (Å²) in [6.45, 7) is 6.00. The number of rotatable bonds is 7. The van der Waals surface area contributed by atoms with Gasteiger partial charge in [0.2, 0.25) is 0 Å². The summed E-state index contributed by atoms with van der Waals surface area (Å²) in [5.41, 5.74) is 0.976. The van der Waals surface area contributed by atoms with Crippen LogP contribution < -0.4 is 5.32 Å². The maximum Gasteiger partial charge on any atom is 0.295 e. The molecule has 108 valence electrons. The number of nitro groups is 1. The van der Waals surface area contributed by atoms with Crippen LogP contribution in [0.1, 0.15) is 13.8 Å². The maximum atomic E-state index is 10.7. The number of nitrogens with one attached hydrogen (secondary N) is 1. The van der Waals surface area contributed by atoms with Crippen LogP contribution in [0, 0.1) is 16.0 Å². The van der Waals surface area contributed by atoms with Gasteiger partial charge in [0.1, 0.15) is 5.52 Å². The molecule has 0 spiro atoms. The number of non-ortho nitro benzene ring substituents is 1. The Balaban J connectivity index is 1.93. The van der Waals surface area contributed by atoms with Crippen LogP contribution in [0.4, 0.5) is 11.7 Å². The molecule has 0 unspecified atom stereocenters. The smallest absolute Gasteiger partial charge is 0.295 e. The lowest BCUT2D eigenvalue weighted by molar-refractivity contribution is -0.384. The molecule has 7 heteroatoms. The maximum absolute atomic E-state index is 10.7. The fourth-order valence-corrected chi connectivity index (χ4v) is 1.65. The van der Waals surface area contributed by atoms with Crippen molar-refractivity contribution in [3.8, 4) is 0 Å². The SMILES string of the molecule is CC(C)COCCNc1nc2cc([N+](=O)[O-])ccc2o1. The molecule has 1 aromatic heterocycles. The van der Waals surface area contributed by atoms with E-state index < -0.39 is 4.92 Å². The lowest BCUT2D eigenvalue weighted by Crippen LogP contribution is -2.12. The summed E-state index contributed by atoms with van der Waals surface area (Å²) < 4.78 is 10.9. The van der Waals surface area contributed by atoms with Gasteiger partial charge < -0.3 is 14.5 Å². The van der Waals surface area contributed by atoms with Crippen LogP contribution in [-0.2, 0) is 4.74 Å². The lowest BCUT2D eigenvalue weighted by Gasteiger charge is -2.06. The fourth-order valence-electron chi connectivity index (χ4n) is 1.65. The van der Waals surface area contributed by atoms with Crippen molar-refractivity contribution < 1.29 is 14.1 Å². The number of benzene rings is 1. The van der Waals surface area contributed by atoms with Crippen LogP contribution >= 0.6 is 0 Å². The molecule has 1 N–H and O–H groups in total. The van der Waals surface area contributed by atoms with E-state index in [-0.39, 0.29) is 5.69 Å². The van der Waals surface area contributed by atoms with Crippen molar-refractivity contribution in [3.63, 3.8) is 0 Å². The predicted molar refractivity (Wildman–Crippen MR) is 74.8 cm³/mol. The van der Waals surface area contributed by atoms with Crippen molar-refractivity contribution in [2.45, 2.75) is 13.8 Å². The molecule has 0 fully saturated rings. The standard InChI is InChI=1S/C13H17N3O4/c1-9(2)8-19-6-5-14-13-15-11-7-10(16(17)18)3-4-12(11)20-13/h3-4,7,9H,5-6,8H2,1-2H3,(H,14,15). The van der Waals surface area contributed by atoms with E-state index in [0.717, 1.165) is 0 Å².